The normalized spacial score (nSPS) is 14.8. The summed E-state index contributed by atoms with van der Waals surface area (Å²) in [4.78, 5) is 0. The lowest BCUT2D eigenvalue weighted by Gasteiger charge is -2.25. The summed E-state index contributed by atoms with van der Waals surface area (Å²) in [6.45, 7) is 9.22. The molecule has 0 saturated carbocycles. The molecule has 0 aliphatic rings. The van der Waals surface area contributed by atoms with E-state index >= 15 is 0 Å². The number of aryl methyl sites for hydroxylation is 1. The molecule has 0 aromatic heterocycles. The Morgan fingerprint density at radius 2 is 1.71 bits per heavy atom. The second-order valence-electron chi connectivity index (χ2n) is 5.69. The van der Waals surface area contributed by atoms with Gasteiger partial charge in [0, 0.05) is 5.56 Å². The fraction of sp³-hybridized carbons (Fsp3) is 0.571. The van der Waals surface area contributed by atoms with E-state index in [0.717, 1.165) is 5.56 Å². The maximum atomic E-state index is 13.8. The summed E-state index contributed by atoms with van der Waals surface area (Å²) in [7, 11) is 0. The number of alkyl halides is 2. The van der Waals surface area contributed by atoms with Gasteiger partial charge in [-0.2, -0.15) is 8.78 Å². The molecule has 1 nitrogen and oxygen atoms in total. The first kappa shape index (κ1) is 14.1. The summed E-state index contributed by atoms with van der Waals surface area (Å²) in [5.74, 6) is -2.97. The van der Waals surface area contributed by atoms with Gasteiger partial charge in [-0.15, -0.1) is 0 Å². The summed E-state index contributed by atoms with van der Waals surface area (Å²) in [5.41, 5.74) is 6.99. The minimum absolute atomic E-state index is 0.0282. The van der Waals surface area contributed by atoms with E-state index < -0.39 is 12.0 Å². The Hall–Kier alpha value is -0.960. The number of halogens is 2. The number of benzene rings is 1. The van der Waals surface area contributed by atoms with E-state index in [0.29, 0.717) is 5.56 Å². The molecule has 0 aliphatic heterocycles. The highest BCUT2D eigenvalue weighted by molar-refractivity contribution is 5.37. The highest BCUT2D eigenvalue weighted by atomic mass is 19.3. The lowest BCUT2D eigenvalue weighted by atomic mass is 9.84. The van der Waals surface area contributed by atoms with Crippen molar-refractivity contribution in [3.63, 3.8) is 0 Å². The highest BCUT2D eigenvalue weighted by Gasteiger charge is 2.37. The molecule has 0 radical (unpaired) electrons. The fourth-order valence-corrected chi connectivity index (χ4v) is 1.75. The topological polar surface area (TPSA) is 26.0 Å². The molecule has 1 unspecified atom stereocenters. The third-order valence-electron chi connectivity index (χ3n) is 3.02. The zero-order chi connectivity index (χ0) is 13.4. The first-order valence-corrected chi connectivity index (χ1v) is 5.82. The van der Waals surface area contributed by atoms with E-state index in [1.807, 2.05) is 6.07 Å². The van der Waals surface area contributed by atoms with Crippen molar-refractivity contribution in [3.05, 3.63) is 34.9 Å². The van der Waals surface area contributed by atoms with E-state index in [1.54, 1.807) is 13.0 Å². The van der Waals surface area contributed by atoms with Crippen LogP contribution in [0.1, 0.15) is 44.4 Å². The fourth-order valence-electron chi connectivity index (χ4n) is 1.75. The van der Waals surface area contributed by atoms with Gasteiger partial charge in [-0.25, -0.2) is 0 Å². The van der Waals surface area contributed by atoms with E-state index in [9.17, 15) is 8.78 Å². The van der Waals surface area contributed by atoms with Crippen molar-refractivity contribution in [3.8, 4) is 0 Å². The van der Waals surface area contributed by atoms with Crippen LogP contribution in [0.3, 0.4) is 0 Å². The Kier molecular flexibility index (Phi) is 3.63. The van der Waals surface area contributed by atoms with Gasteiger partial charge in [-0.05, 0) is 30.4 Å². The molecule has 1 atom stereocenters. The molecule has 0 spiro atoms. The van der Waals surface area contributed by atoms with Crippen LogP contribution in [0.4, 0.5) is 8.78 Å². The monoisotopic (exact) mass is 241 g/mol. The Bertz CT molecular complexity index is 403. The molecule has 2 N–H and O–H groups in total. The largest absolute Gasteiger partial charge is 0.323 e. The smallest absolute Gasteiger partial charge is 0.287 e. The van der Waals surface area contributed by atoms with Gasteiger partial charge in [0.05, 0.1) is 6.04 Å². The van der Waals surface area contributed by atoms with Crippen LogP contribution in [0.5, 0.6) is 0 Å². The molecule has 17 heavy (non-hydrogen) atoms. The summed E-state index contributed by atoms with van der Waals surface area (Å²) >= 11 is 0. The molecular formula is C14H21F2N. The van der Waals surface area contributed by atoms with Gasteiger partial charge in [0.25, 0.3) is 5.92 Å². The number of hydrogen-bond acceptors (Lipinski definition) is 1. The van der Waals surface area contributed by atoms with Crippen molar-refractivity contribution in [1.29, 1.82) is 0 Å². The average Bonchev–Trinajstić information content (AvgIpc) is 2.15. The van der Waals surface area contributed by atoms with Crippen LogP contribution in [0, 0.1) is 6.92 Å². The van der Waals surface area contributed by atoms with E-state index in [-0.39, 0.29) is 11.0 Å². The molecule has 0 aliphatic carbocycles. The molecular weight excluding hydrogens is 220 g/mol. The minimum atomic E-state index is -2.97. The first-order chi connectivity index (χ1) is 7.56. The van der Waals surface area contributed by atoms with Crippen LogP contribution < -0.4 is 5.73 Å². The van der Waals surface area contributed by atoms with Crippen LogP contribution in [-0.2, 0) is 11.3 Å². The van der Waals surface area contributed by atoms with E-state index in [2.05, 4.69) is 20.8 Å². The second kappa shape index (κ2) is 4.37. The van der Waals surface area contributed by atoms with Gasteiger partial charge in [0.1, 0.15) is 0 Å². The standard InChI is InChI=1S/C14H21F2N/c1-9-8-11(13(3,4)5)6-7-12(9)14(15,16)10(2)17/h6-8,10H,17H2,1-5H3. The molecule has 1 rings (SSSR count). The SMILES string of the molecule is Cc1cc(C(C)(C)C)ccc1C(F)(F)C(C)N. The van der Waals surface area contributed by atoms with Gasteiger partial charge >= 0.3 is 0 Å². The predicted octanol–water partition coefficient (Wildman–Crippen LogP) is 3.73. The predicted molar refractivity (Wildman–Crippen MR) is 67.4 cm³/mol. The van der Waals surface area contributed by atoms with Crippen LogP contribution >= 0.6 is 0 Å². The zero-order valence-corrected chi connectivity index (χ0v) is 11.1. The quantitative estimate of drug-likeness (QED) is 0.838. The second-order valence-corrected chi connectivity index (χ2v) is 5.69. The van der Waals surface area contributed by atoms with Crippen molar-refractivity contribution in [2.75, 3.05) is 0 Å². The van der Waals surface area contributed by atoms with Crippen molar-refractivity contribution in [2.45, 2.75) is 52.0 Å². The van der Waals surface area contributed by atoms with E-state index in [4.69, 9.17) is 5.73 Å². The van der Waals surface area contributed by atoms with Crippen molar-refractivity contribution in [2.24, 2.45) is 5.73 Å². The Morgan fingerprint density at radius 1 is 1.18 bits per heavy atom. The molecule has 1 aromatic rings. The van der Waals surface area contributed by atoms with Gasteiger partial charge in [-0.1, -0.05) is 39.0 Å². The van der Waals surface area contributed by atoms with Gasteiger partial charge in [-0.3, -0.25) is 0 Å². The molecule has 1 aromatic carbocycles. The molecule has 0 bridgehead atoms. The molecule has 3 heteroatoms. The molecule has 0 heterocycles. The van der Waals surface area contributed by atoms with Crippen LogP contribution in [0.25, 0.3) is 0 Å². The minimum Gasteiger partial charge on any atom is -0.323 e. The molecule has 0 fully saturated rings. The van der Waals surface area contributed by atoms with Gasteiger partial charge in [0.2, 0.25) is 0 Å². The summed E-state index contributed by atoms with van der Waals surface area (Å²) in [5, 5.41) is 0. The zero-order valence-electron chi connectivity index (χ0n) is 11.1. The Balaban J connectivity index is 3.24. The van der Waals surface area contributed by atoms with Crippen molar-refractivity contribution in [1.82, 2.24) is 0 Å². The van der Waals surface area contributed by atoms with Crippen LogP contribution in [0.2, 0.25) is 0 Å². The van der Waals surface area contributed by atoms with E-state index in [1.165, 1.54) is 13.0 Å². The third-order valence-corrected chi connectivity index (χ3v) is 3.02. The molecule has 96 valence electrons. The Labute approximate surface area is 102 Å². The lowest BCUT2D eigenvalue weighted by Crippen LogP contribution is -2.36. The molecule has 0 saturated heterocycles. The summed E-state index contributed by atoms with van der Waals surface area (Å²) in [6.07, 6.45) is 0. The van der Waals surface area contributed by atoms with Crippen molar-refractivity contribution >= 4 is 0 Å². The number of nitrogens with two attached hydrogens (primary N) is 1. The van der Waals surface area contributed by atoms with Crippen LogP contribution in [0.15, 0.2) is 18.2 Å². The lowest BCUT2D eigenvalue weighted by molar-refractivity contribution is -0.0262. The maximum absolute atomic E-state index is 13.8. The first-order valence-electron chi connectivity index (χ1n) is 5.82. The summed E-state index contributed by atoms with van der Waals surface area (Å²) < 4.78 is 27.7. The number of rotatable bonds is 2. The molecule has 0 amide bonds. The summed E-state index contributed by atoms with van der Waals surface area (Å²) in [6, 6.07) is 3.91. The van der Waals surface area contributed by atoms with Gasteiger partial charge in [0.15, 0.2) is 0 Å². The van der Waals surface area contributed by atoms with Gasteiger partial charge < -0.3 is 5.73 Å². The van der Waals surface area contributed by atoms with Crippen molar-refractivity contribution < 1.29 is 8.78 Å². The Morgan fingerprint density at radius 3 is 2.06 bits per heavy atom. The third kappa shape index (κ3) is 2.83. The maximum Gasteiger partial charge on any atom is 0.287 e. The number of hydrogen-bond donors (Lipinski definition) is 1. The average molecular weight is 241 g/mol. The highest BCUT2D eigenvalue weighted by Crippen LogP contribution is 2.35. The van der Waals surface area contributed by atoms with Crippen LogP contribution in [-0.4, -0.2) is 6.04 Å².